The van der Waals surface area contributed by atoms with E-state index in [-0.39, 0.29) is 12.1 Å². The maximum absolute atomic E-state index is 11.6. The summed E-state index contributed by atoms with van der Waals surface area (Å²) in [7, 11) is 1.53. The van der Waals surface area contributed by atoms with Gasteiger partial charge in [-0.3, -0.25) is 0 Å². The molecule has 1 aliphatic heterocycles. The van der Waals surface area contributed by atoms with Crippen molar-refractivity contribution in [3.8, 4) is 0 Å². The van der Waals surface area contributed by atoms with Crippen molar-refractivity contribution in [3.63, 3.8) is 0 Å². The molecule has 80 valence electrons. The lowest BCUT2D eigenvalue weighted by Gasteiger charge is -2.22. The first kappa shape index (κ1) is 10.8. The van der Waals surface area contributed by atoms with Crippen molar-refractivity contribution in [2.45, 2.75) is 32.4 Å². The van der Waals surface area contributed by atoms with Gasteiger partial charge in [0.25, 0.3) is 0 Å². The summed E-state index contributed by atoms with van der Waals surface area (Å²) in [5.41, 5.74) is 0. The van der Waals surface area contributed by atoms with Crippen molar-refractivity contribution in [1.29, 1.82) is 0 Å². The zero-order valence-electron chi connectivity index (χ0n) is 8.73. The quantitative estimate of drug-likeness (QED) is 0.726. The maximum atomic E-state index is 11.6. The van der Waals surface area contributed by atoms with E-state index < -0.39 is 12.0 Å². The third-order valence-corrected chi connectivity index (χ3v) is 2.79. The van der Waals surface area contributed by atoms with Gasteiger partial charge in [0.15, 0.2) is 0 Å². The van der Waals surface area contributed by atoms with E-state index in [1.165, 1.54) is 11.9 Å². The molecule has 2 unspecified atom stereocenters. The van der Waals surface area contributed by atoms with Crippen LogP contribution in [0.4, 0.5) is 4.79 Å². The van der Waals surface area contributed by atoms with Crippen LogP contribution in [0.15, 0.2) is 0 Å². The summed E-state index contributed by atoms with van der Waals surface area (Å²) >= 11 is 0. The molecule has 1 rings (SSSR count). The number of likely N-dealkylation sites (N-methyl/N-ethyl adjacent to an activating group) is 1. The van der Waals surface area contributed by atoms with Gasteiger partial charge in [-0.05, 0) is 13.3 Å². The molecule has 1 fully saturated rings. The molecule has 0 aliphatic carbocycles. The van der Waals surface area contributed by atoms with Gasteiger partial charge in [-0.25, -0.2) is 9.59 Å². The van der Waals surface area contributed by atoms with Crippen molar-refractivity contribution in [2.24, 2.45) is 0 Å². The summed E-state index contributed by atoms with van der Waals surface area (Å²) in [6, 6.07) is -0.780. The first-order valence-electron chi connectivity index (χ1n) is 4.75. The van der Waals surface area contributed by atoms with Crippen LogP contribution in [0, 0.1) is 0 Å². The number of nitrogens with zero attached hydrogens (tertiary/aromatic N) is 2. The highest BCUT2D eigenvalue weighted by Crippen LogP contribution is 2.18. The van der Waals surface area contributed by atoms with Crippen LogP contribution in [-0.4, -0.2) is 52.6 Å². The van der Waals surface area contributed by atoms with Crippen LogP contribution in [0.2, 0.25) is 0 Å². The van der Waals surface area contributed by atoms with Gasteiger partial charge in [-0.2, -0.15) is 0 Å². The van der Waals surface area contributed by atoms with Crippen molar-refractivity contribution >= 4 is 12.0 Å². The second-order valence-corrected chi connectivity index (χ2v) is 3.66. The molecule has 2 atom stereocenters. The third-order valence-electron chi connectivity index (χ3n) is 2.79. The minimum atomic E-state index is -0.938. The minimum absolute atomic E-state index is 0.106. The second kappa shape index (κ2) is 3.86. The van der Waals surface area contributed by atoms with Gasteiger partial charge in [0.2, 0.25) is 0 Å². The molecule has 0 radical (unpaired) electrons. The molecule has 14 heavy (non-hydrogen) atoms. The first-order chi connectivity index (χ1) is 6.49. The van der Waals surface area contributed by atoms with Crippen LogP contribution in [0.5, 0.6) is 0 Å². The molecule has 1 heterocycles. The van der Waals surface area contributed by atoms with Crippen molar-refractivity contribution in [1.82, 2.24) is 9.80 Å². The monoisotopic (exact) mass is 200 g/mol. The standard InChI is InChI=1S/C9H16N2O3/c1-4-6(2)11-5-7(8(12)13)10(3)9(11)14/h6-7H,4-5H2,1-3H3,(H,12,13). The van der Waals surface area contributed by atoms with Crippen molar-refractivity contribution in [3.05, 3.63) is 0 Å². The van der Waals surface area contributed by atoms with E-state index in [4.69, 9.17) is 5.11 Å². The summed E-state index contributed by atoms with van der Waals surface area (Å²) in [6.07, 6.45) is 0.839. The van der Waals surface area contributed by atoms with E-state index in [9.17, 15) is 9.59 Å². The number of hydrogen-bond acceptors (Lipinski definition) is 2. The number of rotatable bonds is 3. The molecule has 0 saturated carbocycles. The first-order valence-corrected chi connectivity index (χ1v) is 4.75. The smallest absolute Gasteiger partial charge is 0.328 e. The molecule has 1 saturated heterocycles. The molecule has 1 N–H and O–H groups in total. The van der Waals surface area contributed by atoms with Gasteiger partial charge >= 0.3 is 12.0 Å². The minimum Gasteiger partial charge on any atom is -0.480 e. The van der Waals surface area contributed by atoms with Gasteiger partial charge in [0, 0.05) is 13.1 Å². The lowest BCUT2D eigenvalue weighted by molar-refractivity contribution is -0.140. The van der Waals surface area contributed by atoms with E-state index >= 15 is 0 Å². The number of amides is 2. The van der Waals surface area contributed by atoms with E-state index in [0.717, 1.165) is 6.42 Å². The van der Waals surface area contributed by atoms with Crippen molar-refractivity contribution in [2.75, 3.05) is 13.6 Å². The third kappa shape index (κ3) is 1.66. The van der Waals surface area contributed by atoms with E-state index in [2.05, 4.69) is 0 Å². The van der Waals surface area contributed by atoms with E-state index in [1.807, 2.05) is 13.8 Å². The molecule has 0 aromatic heterocycles. The van der Waals surface area contributed by atoms with E-state index in [0.29, 0.717) is 6.54 Å². The fourth-order valence-electron chi connectivity index (χ4n) is 1.56. The number of carbonyl (C=O) groups excluding carboxylic acids is 1. The molecule has 5 nitrogen and oxygen atoms in total. The van der Waals surface area contributed by atoms with Gasteiger partial charge in [0.05, 0.1) is 6.54 Å². The van der Waals surface area contributed by atoms with Gasteiger partial charge in [0.1, 0.15) is 6.04 Å². The summed E-state index contributed by atoms with van der Waals surface area (Å²) in [5, 5.41) is 8.85. The Morgan fingerprint density at radius 1 is 1.71 bits per heavy atom. The fourth-order valence-corrected chi connectivity index (χ4v) is 1.56. The Kier molecular flexibility index (Phi) is 2.98. The average Bonchev–Trinajstić information content (AvgIpc) is 2.43. The largest absolute Gasteiger partial charge is 0.480 e. The lowest BCUT2D eigenvalue weighted by atomic mass is 10.2. The molecule has 5 heteroatoms. The molecule has 0 bridgehead atoms. The molecule has 1 aliphatic rings. The highest BCUT2D eigenvalue weighted by molar-refractivity contribution is 5.86. The molecule has 0 aromatic rings. The fraction of sp³-hybridized carbons (Fsp3) is 0.778. The van der Waals surface area contributed by atoms with Crippen LogP contribution in [0.1, 0.15) is 20.3 Å². The number of hydrogen-bond donors (Lipinski definition) is 1. The molecule has 0 spiro atoms. The molecule has 2 amide bonds. The van der Waals surface area contributed by atoms with Crippen LogP contribution in [0.3, 0.4) is 0 Å². The summed E-state index contributed by atoms with van der Waals surface area (Å²) in [4.78, 5) is 25.3. The highest BCUT2D eigenvalue weighted by Gasteiger charge is 2.40. The zero-order chi connectivity index (χ0) is 10.9. The predicted octanol–water partition coefficient (Wildman–Crippen LogP) is 0.606. The van der Waals surface area contributed by atoms with Gasteiger partial charge < -0.3 is 14.9 Å². The van der Waals surface area contributed by atoms with Crippen LogP contribution in [-0.2, 0) is 4.79 Å². The number of urea groups is 1. The number of carboxylic acids is 1. The SMILES string of the molecule is CCC(C)N1CC(C(=O)O)N(C)C1=O. The molecular formula is C9H16N2O3. The normalized spacial score (nSPS) is 24.2. The Hall–Kier alpha value is -1.26. The Morgan fingerprint density at radius 2 is 2.29 bits per heavy atom. The topological polar surface area (TPSA) is 60.9 Å². The van der Waals surface area contributed by atoms with Crippen LogP contribution >= 0.6 is 0 Å². The number of aliphatic carboxylic acids is 1. The van der Waals surface area contributed by atoms with Crippen molar-refractivity contribution < 1.29 is 14.7 Å². The Bertz CT molecular complexity index is 254. The summed E-state index contributed by atoms with van der Waals surface area (Å²) in [5.74, 6) is -0.938. The molecular weight excluding hydrogens is 184 g/mol. The lowest BCUT2D eigenvalue weighted by Crippen LogP contribution is -2.36. The molecule has 0 aromatic carbocycles. The van der Waals surface area contributed by atoms with Gasteiger partial charge in [-0.1, -0.05) is 6.92 Å². The average molecular weight is 200 g/mol. The number of carboxylic acid groups (broad SMARTS) is 1. The Labute approximate surface area is 83.3 Å². The Morgan fingerprint density at radius 3 is 2.64 bits per heavy atom. The zero-order valence-corrected chi connectivity index (χ0v) is 8.73. The van der Waals surface area contributed by atoms with Crippen LogP contribution in [0.25, 0.3) is 0 Å². The summed E-state index contributed by atoms with van der Waals surface area (Å²) in [6.45, 7) is 4.20. The van der Waals surface area contributed by atoms with E-state index in [1.54, 1.807) is 4.90 Å². The van der Waals surface area contributed by atoms with Gasteiger partial charge in [-0.15, -0.1) is 0 Å². The van der Waals surface area contributed by atoms with Crippen LogP contribution < -0.4 is 0 Å². The highest BCUT2D eigenvalue weighted by atomic mass is 16.4. The predicted molar refractivity (Wildman–Crippen MR) is 51.0 cm³/mol. The summed E-state index contributed by atoms with van der Waals surface area (Å²) < 4.78 is 0. The Balaban J connectivity index is 2.76. The maximum Gasteiger partial charge on any atom is 0.328 e. The number of carbonyl (C=O) groups is 2. The second-order valence-electron chi connectivity index (χ2n) is 3.66.